The molecule has 3 heteroatoms. The van der Waals surface area contributed by atoms with Crippen molar-refractivity contribution in [1.29, 1.82) is 0 Å². The van der Waals surface area contributed by atoms with Gasteiger partial charge >= 0.3 is 5.97 Å². The van der Waals surface area contributed by atoms with E-state index in [2.05, 4.69) is 0 Å². The van der Waals surface area contributed by atoms with Crippen molar-refractivity contribution in [1.82, 2.24) is 0 Å². The highest BCUT2D eigenvalue weighted by atomic mass is 16.5. The maximum atomic E-state index is 11.7. The molecule has 2 aromatic rings. The lowest BCUT2D eigenvalue weighted by molar-refractivity contribution is 0.0500. The standard InChI is InChI=1S/C20H22O3/c1-20(22,18-13-7-3-8-14-18)15-9-4-10-16-23-19(21)17-11-5-2-6-12-17/h2-3,5-9,11-15,22H,4,10,16H2,1H3/b15-9+. The van der Waals surface area contributed by atoms with Gasteiger partial charge in [-0.2, -0.15) is 0 Å². The topological polar surface area (TPSA) is 46.5 Å². The molecule has 0 saturated carbocycles. The maximum absolute atomic E-state index is 11.7. The Morgan fingerprint density at radius 3 is 2.35 bits per heavy atom. The van der Waals surface area contributed by atoms with Gasteiger partial charge in [-0.05, 0) is 37.5 Å². The van der Waals surface area contributed by atoms with Gasteiger partial charge in [0.15, 0.2) is 0 Å². The summed E-state index contributed by atoms with van der Waals surface area (Å²) in [4.78, 5) is 11.7. The molecule has 0 aliphatic heterocycles. The molecule has 0 amide bonds. The second kappa shape index (κ2) is 8.30. The van der Waals surface area contributed by atoms with Crippen molar-refractivity contribution in [2.45, 2.75) is 25.4 Å². The molecule has 0 aromatic heterocycles. The summed E-state index contributed by atoms with van der Waals surface area (Å²) in [5.74, 6) is -0.300. The molecular formula is C20H22O3. The summed E-state index contributed by atoms with van der Waals surface area (Å²) in [5.41, 5.74) is 0.434. The molecule has 1 atom stereocenters. The second-order valence-electron chi connectivity index (χ2n) is 5.56. The largest absolute Gasteiger partial charge is 0.462 e. The highest BCUT2D eigenvalue weighted by Crippen LogP contribution is 2.21. The van der Waals surface area contributed by atoms with Crippen molar-refractivity contribution >= 4 is 5.97 Å². The lowest BCUT2D eigenvalue weighted by atomic mass is 9.95. The van der Waals surface area contributed by atoms with Crippen molar-refractivity contribution < 1.29 is 14.6 Å². The Kier molecular flexibility index (Phi) is 6.12. The Morgan fingerprint density at radius 2 is 1.70 bits per heavy atom. The molecule has 1 unspecified atom stereocenters. The molecule has 0 saturated heterocycles. The van der Waals surface area contributed by atoms with E-state index in [1.165, 1.54) is 0 Å². The Hall–Kier alpha value is -2.39. The van der Waals surface area contributed by atoms with Crippen LogP contribution in [0.3, 0.4) is 0 Å². The van der Waals surface area contributed by atoms with Crippen LogP contribution in [0.4, 0.5) is 0 Å². The van der Waals surface area contributed by atoms with E-state index in [1.54, 1.807) is 25.1 Å². The van der Waals surface area contributed by atoms with E-state index in [9.17, 15) is 9.90 Å². The van der Waals surface area contributed by atoms with Crippen LogP contribution in [0.2, 0.25) is 0 Å². The average Bonchev–Trinajstić information content (AvgIpc) is 2.59. The minimum Gasteiger partial charge on any atom is -0.462 e. The third-order valence-electron chi connectivity index (χ3n) is 3.56. The summed E-state index contributed by atoms with van der Waals surface area (Å²) in [5, 5.41) is 10.4. The van der Waals surface area contributed by atoms with Crippen LogP contribution in [0.25, 0.3) is 0 Å². The summed E-state index contributed by atoms with van der Waals surface area (Å²) < 4.78 is 5.21. The number of unbranched alkanes of at least 4 members (excludes halogenated alkanes) is 1. The average molecular weight is 310 g/mol. The van der Waals surface area contributed by atoms with Gasteiger partial charge in [0.05, 0.1) is 12.2 Å². The molecule has 0 heterocycles. The van der Waals surface area contributed by atoms with Gasteiger partial charge in [0.1, 0.15) is 5.60 Å². The third-order valence-corrected chi connectivity index (χ3v) is 3.56. The van der Waals surface area contributed by atoms with E-state index >= 15 is 0 Å². The minimum atomic E-state index is -0.984. The molecule has 3 nitrogen and oxygen atoms in total. The van der Waals surface area contributed by atoms with Crippen LogP contribution in [-0.2, 0) is 10.3 Å². The first-order valence-corrected chi connectivity index (χ1v) is 7.77. The van der Waals surface area contributed by atoms with Crippen molar-refractivity contribution in [3.05, 3.63) is 83.9 Å². The predicted molar refractivity (Wildman–Crippen MR) is 91.1 cm³/mol. The third kappa shape index (κ3) is 5.38. The first-order valence-electron chi connectivity index (χ1n) is 7.77. The number of carbonyl (C=O) groups excluding carboxylic acids is 1. The smallest absolute Gasteiger partial charge is 0.338 e. The molecule has 0 bridgehead atoms. The fourth-order valence-corrected chi connectivity index (χ4v) is 2.21. The van der Waals surface area contributed by atoms with Gasteiger partial charge in [0.2, 0.25) is 0 Å². The number of rotatable bonds is 7. The van der Waals surface area contributed by atoms with Crippen molar-refractivity contribution in [2.75, 3.05) is 6.61 Å². The van der Waals surface area contributed by atoms with E-state index < -0.39 is 5.60 Å². The van der Waals surface area contributed by atoms with E-state index in [1.807, 2.05) is 54.6 Å². The fraction of sp³-hybridized carbons (Fsp3) is 0.250. The van der Waals surface area contributed by atoms with Crippen LogP contribution in [0.1, 0.15) is 35.7 Å². The molecule has 2 aromatic carbocycles. The maximum Gasteiger partial charge on any atom is 0.338 e. The van der Waals surface area contributed by atoms with E-state index in [0.717, 1.165) is 18.4 Å². The predicted octanol–water partition coefficient (Wildman–Crippen LogP) is 4.09. The van der Waals surface area contributed by atoms with Crippen LogP contribution in [0.15, 0.2) is 72.8 Å². The van der Waals surface area contributed by atoms with Crippen LogP contribution in [0, 0.1) is 0 Å². The first-order chi connectivity index (χ1) is 11.1. The molecule has 0 fully saturated rings. The van der Waals surface area contributed by atoms with Crippen molar-refractivity contribution in [3.8, 4) is 0 Å². The number of hydrogen-bond donors (Lipinski definition) is 1. The summed E-state index contributed by atoms with van der Waals surface area (Å²) in [6.07, 6.45) is 5.16. The van der Waals surface area contributed by atoms with E-state index in [4.69, 9.17) is 4.74 Å². The molecule has 23 heavy (non-hydrogen) atoms. The van der Waals surface area contributed by atoms with Crippen LogP contribution < -0.4 is 0 Å². The number of allylic oxidation sites excluding steroid dienone is 1. The molecule has 0 spiro atoms. The van der Waals surface area contributed by atoms with Crippen molar-refractivity contribution in [3.63, 3.8) is 0 Å². The number of carbonyl (C=O) groups is 1. The quantitative estimate of drug-likeness (QED) is 0.476. The van der Waals surface area contributed by atoms with Gasteiger partial charge in [-0.15, -0.1) is 0 Å². The Balaban J connectivity index is 1.72. The minimum absolute atomic E-state index is 0.300. The SMILES string of the molecule is CC(O)(/C=C/CCCOC(=O)c1ccccc1)c1ccccc1. The summed E-state index contributed by atoms with van der Waals surface area (Å²) in [6, 6.07) is 18.5. The van der Waals surface area contributed by atoms with E-state index in [-0.39, 0.29) is 5.97 Å². The molecule has 0 aliphatic carbocycles. The highest BCUT2D eigenvalue weighted by molar-refractivity contribution is 5.89. The monoisotopic (exact) mass is 310 g/mol. The van der Waals surface area contributed by atoms with Gasteiger partial charge in [-0.1, -0.05) is 60.7 Å². The first kappa shape index (κ1) is 17.0. The lowest BCUT2D eigenvalue weighted by Gasteiger charge is -2.19. The van der Waals surface area contributed by atoms with Crippen LogP contribution in [-0.4, -0.2) is 17.7 Å². The zero-order chi connectivity index (χ0) is 16.5. The zero-order valence-corrected chi connectivity index (χ0v) is 13.3. The number of esters is 1. The molecular weight excluding hydrogens is 288 g/mol. The normalized spacial score (nSPS) is 13.7. The number of ether oxygens (including phenoxy) is 1. The number of hydrogen-bond acceptors (Lipinski definition) is 3. The Morgan fingerprint density at radius 1 is 1.09 bits per heavy atom. The Labute approximate surface area is 137 Å². The summed E-state index contributed by atoms with van der Waals surface area (Å²) >= 11 is 0. The fourth-order valence-electron chi connectivity index (χ4n) is 2.21. The number of aliphatic hydroxyl groups is 1. The van der Waals surface area contributed by atoms with Crippen LogP contribution >= 0.6 is 0 Å². The van der Waals surface area contributed by atoms with Crippen LogP contribution in [0.5, 0.6) is 0 Å². The molecule has 0 aliphatic rings. The Bertz CT molecular complexity index is 630. The van der Waals surface area contributed by atoms with Crippen molar-refractivity contribution in [2.24, 2.45) is 0 Å². The van der Waals surface area contributed by atoms with Gasteiger partial charge in [0.25, 0.3) is 0 Å². The highest BCUT2D eigenvalue weighted by Gasteiger charge is 2.17. The van der Waals surface area contributed by atoms with Gasteiger partial charge < -0.3 is 9.84 Å². The van der Waals surface area contributed by atoms with Gasteiger partial charge in [0, 0.05) is 0 Å². The van der Waals surface area contributed by atoms with E-state index in [0.29, 0.717) is 12.2 Å². The summed E-state index contributed by atoms with van der Waals surface area (Å²) in [7, 11) is 0. The van der Waals surface area contributed by atoms with Gasteiger partial charge in [-0.3, -0.25) is 0 Å². The van der Waals surface area contributed by atoms with Gasteiger partial charge in [-0.25, -0.2) is 4.79 Å². The molecule has 120 valence electrons. The second-order valence-corrected chi connectivity index (χ2v) is 5.56. The zero-order valence-electron chi connectivity index (χ0n) is 13.3. The summed E-state index contributed by atoms with van der Waals surface area (Å²) in [6.45, 7) is 2.12. The number of benzene rings is 2. The molecule has 2 rings (SSSR count). The molecule has 0 radical (unpaired) electrons. The lowest BCUT2D eigenvalue weighted by Crippen LogP contribution is -2.17. The molecule has 1 N–H and O–H groups in total.